The minimum absolute atomic E-state index is 0.399. The number of para-hydroxylation sites is 1. The fourth-order valence-electron chi connectivity index (χ4n) is 2.61. The number of anilines is 1. The number of aliphatic hydroxyl groups excluding tert-OH is 1. The summed E-state index contributed by atoms with van der Waals surface area (Å²) < 4.78 is 0. The van der Waals surface area contributed by atoms with Crippen LogP contribution in [-0.2, 0) is 0 Å². The van der Waals surface area contributed by atoms with Gasteiger partial charge in [-0.25, -0.2) is 0 Å². The van der Waals surface area contributed by atoms with E-state index >= 15 is 0 Å². The van der Waals surface area contributed by atoms with Crippen LogP contribution in [-0.4, -0.2) is 42.2 Å². The first-order chi connectivity index (χ1) is 8.59. The van der Waals surface area contributed by atoms with E-state index in [4.69, 9.17) is 0 Å². The summed E-state index contributed by atoms with van der Waals surface area (Å²) >= 11 is 0. The number of aliphatic hydroxyl groups is 1. The van der Waals surface area contributed by atoms with E-state index in [0.29, 0.717) is 6.04 Å². The van der Waals surface area contributed by atoms with Gasteiger partial charge >= 0.3 is 0 Å². The summed E-state index contributed by atoms with van der Waals surface area (Å²) in [7, 11) is 0. The lowest BCUT2D eigenvalue weighted by atomic mass is 10.1. The van der Waals surface area contributed by atoms with E-state index in [1.54, 1.807) is 0 Å². The second-order valence-electron chi connectivity index (χ2n) is 5.35. The zero-order valence-corrected chi connectivity index (χ0v) is 11.6. The van der Waals surface area contributed by atoms with Crippen LogP contribution in [0.3, 0.4) is 0 Å². The first kappa shape index (κ1) is 13.4. The Bertz CT molecular complexity index is 382. The molecule has 100 valence electrons. The number of rotatable bonds is 3. The predicted molar refractivity (Wildman–Crippen MR) is 76.0 cm³/mol. The summed E-state index contributed by atoms with van der Waals surface area (Å²) in [6.07, 6.45) is -0.399. The molecule has 1 unspecified atom stereocenters. The van der Waals surface area contributed by atoms with Crippen molar-refractivity contribution in [3.8, 4) is 0 Å². The van der Waals surface area contributed by atoms with Gasteiger partial charge in [0.15, 0.2) is 0 Å². The van der Waals surface area contributed by atoms with Crippen LogP contribution in [0.25, 0.3) is 0 Å². The molecule has 1 fully saturated rings. The quantitative estimate of drug-likeness (QED) is 0.889. The molecule has 0 aromatic heterocycles. The smallest absolute Gasteiger partial charge is 0.0781 e. The van der Waals surface area contributed by atoms with E-state index in [0.717, 1.165) is 31.7 Å². The van der Waals surface area contributed by atoms with Gasteiger partial charge in [0.2, 0.25) is 0 Å². The average Bonchev–Trinajstić information content (AvgIpc) is 2.39. The van der Waals surface area contributed by atoms with Gasteiger partial charge < -0.3 is 10.0 Å². The van der Waals surface area contributed by atoms with E-state index in [1.807, 2.05) is 19.1 Å². The van der Waals surface area contributed by atoms with E-state index in [1.165, 1.54) is 5.69 Å². The van der Waals surface area contributed by atoms with Gasteiger partial charge in [-0.2, -0.15) is 0 Å². The van der Waals surface area contributed by atoms with Crippen molar-refractivity contribution in [2.75, 3.05) is 31.1 Å². The fraction of sp³-hybridized carbons (Fsp3) is 0.600. The third kappa shape index (κ3) is 2.85. The Hall–Kier alpha value is -1.06. The van der Waals surface area contributed by atoms with Crippen molar-refractivity contribution in [2.45, 2.75) is 32.9 Å². The highest BCUT2D eigenvalue weighted by atomic mass is 16.3. The third-order valence-electron chi connectivity index (χ3n) is 3.77. The Labute approximate surface area is 110 Å². The molecule has 1 aromatic rings. The summed E-state index contributed by atoms with van der Waals surface area (Å²) in [4.78, 5) is 4.89. The number of hydrogen-bond donors (Lipinski definition) is 1. The Morgan fingerprint density at radius 2 is 1.61 bits per heavy atom. The van der Waals surface area contributed by atoms with Crippen molar-refractivity contribution in [1.29, 1.82) is 0 Å². The molecule has 1 saturated heterocycles. The summed E-state index contributed by atoms with van der Waals surface area (Å²) in [5, 5.41) is 9.84. The standard InChI is InChI=1S/C15H24N2O/c1-12(2)16-8-10-17(11-9-16)15-7-5-4-6-14(15)13(3)18/h4-7,12-13,18H,8-11H2,1-3H3. The van der Waals surface area contributed by atoms with Gasteiger partial charge in [0.25, 0.3) is 0 Å². The normalized spacial score (nSPS) is 19.3. The number of hydrogen-bond acceptors (Lipinski definition) is 3. The zero-order valence-electron chi connectivity index (χ0n) is 11.6. The largest absolute Gasteiger partial charge is 0.389 e. The highest BCUT2D eigenvalue weighted by molar-refractivity contribution is 5.54. The van der Waals surface area contributed by atoms with E-state index in [9.17, 15) is 5.11 Å². The number of nitrogens with zero attached hydrogens (tertiary/aromatic N) is 2. The SMILES string of the molecule is CC(O)c1ccccc1N1CCN(C(C)C)CC1. The molecule has 1 heterocycles. The molecule has 1 aliphatic heterocycles. The lowest BCUT2D eigenvalue weighted by Crippen LogP contribution is -2.49. The summed E-state index contributed by atoms with van der Waals surface area (Å²) in [5.41, 5.74) is 2.23. The second kappa shape index (κ2) is 5.72. The Morgan fingerprint density at radius 1 is 1.00 bits per heavy atom. The zero-order chi connectivity index (χ0) is 13.1. The van der Waals surface area contributed by atoms with Crippen LogP contribution in [0, 0.1) is 0 Å². The van der Waals surface area contributed by atoms with Crippen molar-refractivity contribution in [3.63, 3.8) is 0 Å². The molecule has 0 saturated carbocycles. The lowest BCUT2D eigenvalue weighted by Gasteiger charge is -2.39. The predicted octanol–water partition coefficient (Wildman–Crippen LogP) is 2.27. The molecule has 1 aliphatic rings. The van der Waals surface area contributed by atoms with Crippen molar-refractivity contribution in [1.82, 2.24) is 4.90 Å². The van der Waals surface area contributed by atoms with Crippen LogP contribution < -0.4 is 4.90 Å². The minimum Gasteiger partial charge on any atom is -0.389 e. The van der Waals surface area contributed by atoms with Crippen LogP contribution in [0.5, 0.6) is 0 Å². The van der Waals surface area contributed by atoms with Crippen molar-refractivity contribution >= 4 is 5.69 Å². The molecule has 3 nitrogen and oxygen atoms in total. The molecule has 0 radical (unpaired) electrons. The molecule has 1 N–H and O–H groups in total. The van der Waals surface area contributed by atoms with Gasteiger partial charge in [-0.3, -0.25) is 4.90 Å². The molecular weight excluding hydrogens is 224 g/mol. The molecular formula is C15H24N2O. The van der Waals surface area contributed by atoms with Gasteiger partial charge in [-0.05, 0) is 26.8 Å². The van der Waals surface area contributed by atoms with E-state index in [-0.39, 0.29) is 0 Å². The van der Waals surface area contributed by atoms with Crippen LogP contribution in [0.15, 0.2) is 24.3 Å². The number of benzene rings is 1. The number of piperazine rings is 1. The highest BCUT2D eigenvalue weighted by Gasteiger charge is 2.21. The maximum absolute atomic E-state index is 9.84. The van der Waals surface area contributed by atoms with E-state index in [2.05, 4.69) is 35.8 Å². The maximum Gasteiger partial charge on any atom is 0.0781 e. The Kier molecular flexibility index (Phi) is 4.25. The first-order valence-electron chi connectivity index (χ1n) is 6.85. The van der Waals surface area contributed by atoms with Crippen LogP contribution >= 0.6 is 0 Å². The molecule has 0 bridgehead atoms. The molecule has 0 aliphatic carbocycles. The monoisotopic (exact) mass is 248 g/mol. The lowest BCUT2D eigenvalue weighted by molar-refractivity contribution is 0.196. The fourth-order valence-corrected chi connectivity index (χ4v) is 2.61. The van der Waals surface area contributed by atoms with Gasteiger partial charge in [0.05, 0.1) is 6.10 Å². The molecule has 0 spiro atoms. The maximum atomic E-state index is 9.84. The molecule has 2 rings (SSSR count). The second-order valence-corrected chi connectivity index (χ2v) is 5.35. The summed E-state index contributed by atoms with van der Waals surface area (Å²) in [5.74, 6) is 0. The third-order valence-corrected chi connectivity index (χ3v) is 3.77. The van der Waals surface area contributed by atoms with Crippen LogP contribution in [0.2, 0.25) is 0 Å². The Balaban J connectivity index is 2.10. The average molecular weight is 248 g/mol. The summed E-state index contributed by atoms with van der Waals surface area (Å²) in [6, 6.07) is 8.81. The minimum atomic E-state index is -0.399. The van der Waals surface area contributed by atoms with Gasteiger partial charge in [0.1, 0.15) is 0 Å². The molecule has 3 heteroatoms. The van der Waals surface area contributed by atoms with Crippen LogP contribution in [0.4, 0.5) is 5.69 Å². The van der Waals surface area contributed by atoms with Crippen molar-refractivity contribution in [2.24, 2.45) is 0 Å². The molecule has 0 amide bonds. The molecule has 1 aromatic carbocycles. The van der Waals surface area contributed by atoms with Crippen LogP contribution in [0.1, 0.15) is 32.4 Å². The van der Waals surface area contributed by atoms with Gasteiger partial charge in [0, 0.05) is 43.5 Å². The van der Waals surface area contributed by atoms with Gasteiger partial charge in [-0.15, -0.1) is 0 Å². The summed E-state index contributed by atoms with van der Waals surface area (Å²) in [6.45, 7) is 10.6. The Morgan fingerprint density at radius 3 is 2.17 bits per heavy atom. The van der Waals surface area contributed by atoms with Crippen molar-refractivity contribution in [3.05, 3.63) is 29.8 Å². The van der Waals surface area contributed by atoms with E-state index < -0.39 is 6.10 Å². The van der Waals surface area contributed by atoms with Crippen molar-refractivity contribution < 1.29 is 5.11 Å². The molecule has 18 heavy (non-hydrogen) atoms. The van der Waals surface area contributed by atoms with Gasteiger partial charge in [-0.1, -0.05) is 18.2 Å². The first-order valence-corrected chi connectivity index (χ1v) is 6.85. The molecule has 1 atom stereocenters. The highest BCUT2D eigenvalue weighted by Crippen LogP contribution is 2.27. The topological polar surface area (TPSA) is 26.7 Å².